The number of allylic oxidation sites excluding steroid dienone is 2. The van der Waals surface area contributed by atoms with Crippen LogP contribution in [0.1, 0.15) is 18.3 Å². The van der Waals surface area contributed by atoms with Crippen LogP contribution < -0.4 is 5.32 Å². The Balaban J connectivity index is 2.94. The first-order chi connectivity index (χ1) is 10.5. The van der Waals surface area contributed by atoms with Gasteiger partial charge in [0.25, 0.3) is 5.91 Å². The van der Waals surface area contributed by atoms with E-state index in [1.54, 1.807) is 24.3 Å². The van der Waals surface area contributed by atoms with Gasteiger partial charge < -0.3 is 5.32 Å². The SMILES string of the molecule is C=C/C=C(\C=C)[C@@H](C)NC(=O)/C(C#N)=C/c1cccc(C)n1. The van der Waals surface area contributed by atoms with Crippen molar-refractivity contribution < 1.29 is 4.79 Å². The fourth-order valence-electron chi connectivity index (χ4n) is 1.82. The zero-order valence-corrected chi connectivity index (χ0v) is 12.8. The standard InChI is InChI=1S/C18H19N3O/c1-5-8-15(6-2)14(4)21-18(22)16(12-19)11-17-10-7-9-13(3)20-17/h5-11,14H,1-2H2,3-4H3,(H,21,22)/b15-8+,16-11+/t14-/m1/s1. The molecule has 0 saturated heterocycles. The van der Waals surface area contributed by atoms with Crippen molar-refractivity contribution >= 4 is 12.0 Å². The van der Waals surface area contributed by atoms with Gasteiger partial charge in [-0.3, -0.25) is 9.78 Å². The molecule has 0 aromatic carbocycles. The molecule has 1 aromatic heterocycles. The molecule has 1 heterocycles. The van der Waals surface area contributed by atoms with Crippen molar-refractivity contribution in [2.24, 2.45) is 0 Å². The monoisotopic (exact) mass is 293 g/mol. The molecule has 112 valence electrons. The molecule has 0 saturated carbocycles. The fourth-order valence-corrected chi connectivity index (χ4v) is 1.82. The molecule has 1 N–H and O–H groups in total. The highest BCUT2D eigenvalue weighted by Gasteiger charge is 2.14. The van der Waals surface area contributed by atoms with E-state index >= 15 is 0 Å². The van der Waals surface area contributed by atoms with Gasteiger partial charge >= 0.3 is 0 Å². The van der Waals surface area contributed by atoms with Crippen LogP contribution in [-0.2, 0) is 4.79 Å². The number of rotatable bonds is 6. The van der Waals surface area contributed by atoms with Crippen molar-refractivity contribution in [3.63, 3.8) is 0 Å². The van der Waals surface area contributed by atoms with Crippen molar-refractivity contribution in [1.82, 2.24) is 10.3 Å². The number of carbonyl (C=O) groups is 1. The molecule has 4 nitrogen and oxygen atoms in total. The van der Waals surface area contributed by atoms with Crippen molar-refractivity contribution in [2.75, 3.05) is 0 Å². The van der Waals surface area contributed by atoms with Crippen molar-refractivity contribution in [1.29, 1.82) is 5.26 Å². The molecule has 0 aliphatic rings. The molecule has 4 heteroatoms. The summed E-state index contributed by atoms with van der Waals surface area (Å²) in [7, 11) is 0. The summed E-state index contributed by atoms with van der Waals surface area (Å²) in [4.78, 5) is 16.4. The second-order valence-corrected chi connectivity index (χ2v) is 4.68. The lowest BCUT2D eigenvalue weighted by atomic mass is 10.1. The van der Waals surface area contributed by atoms with Crippen LogP contribution in [0.4, 0.5) is 0 Å². The summed E-state index contributed by atoms with van der Waals surface area (Å²) < 4.78 is 0. The molecule has 1 atom stereocenters. The Morgan fingerprint density at radius 3 is 2.73 bits per heavy atom. The lowest BCUT2D eigenvalue weighted by Gasteiger charge is -2.14. The van der Waals surface area contributed by atoms with Crippen LogP contribution in [0.25, 0.3) is 6.08 Å². The minimum absolute atomic E-state index is 0.00645. The Hall–Kier alpha value is -2.93. The van der Waals surface area contributed by atoms with Crippen molar-refractivity contribution in [2.45, 2.75) is 19.9 Å². The van der Waals surface area contributed by atoms with Crippen LogP contribution in [0.3, 0.4) is 0 Å². The van der Waals surface area contributed by atoms with Crippen LogP contribution in [0.15, 0.2) is 60.7 Å². The molecular weight excluding hydrogens is 274 g/mol. The predicted octanol–water partition coefficient (Wildman–Crippen LogP) is 3.10. The zero-order chi connectivity index (χ0) is 16.5. The fraction of sp³-hybridized carbons (Fsp3) is 0.167. The summed E-state index contributed by atoms with van der Waals surface area (Å²) in [5.41, 5.74) is 2.22. The van der Waals surface area contributed by atoms with Crippen LogP contribution in [0.2, 0.25) is 0 Å². The number of amides is 1. The lowest BCUT2D eigenvalue weighted by molar-refractivity contribution is -0.117. The first-order valence-electron chi connectivity index (χ1n) is 6.83. The summed E-state index contributed by atoms with van der Waals surface area (Å²) in [6.07, 6.45) is 6.50. The van der Waals surface area contributed by atoms with E-state index in [0.29, 0.717) is 5.69 Å². The second kappa shape index (κ2) is 8.38. The molecule has 0 unspecified atom stereocenters. The third-order valence-corrected chi connectivity index (χ3v) is 2.96. The van der Waals surface area contributed by atoms with E-state index in [4.69, 9.17) is 0 Å². The van der Waals surface area contributed by atoms with Gasteiger partial charge in [-0.2, -0.15) is 5.26 Å². The average molecular weight is 293 g/mol. The molecule has 0 fully saturated rings. The average Bonchev–Trinajstić information content (AvgIpc) is 2.49. The number of pyridine rings is 1. The highest BCUT2D eigenvalue weighted by Crippen LogP contribution is 2.08. The number of carbonyl (C=O) groups excluding carboxylic acids is 1. The number of nitrogens with zero attached hydrogens (tertiary/aromatic N) is 2. The van der Waals surface area contributed by atoms with Crippen molar-refractivity contribution in [3.8, 4) is 6.07 Å². The topological polar surface area (TPSA) is 65.8 Å². The molecule has 0 radical (unpaired) electrons. The Morgan fingerprint density at radius 1 is 1.45 bits per heavy atom. The third kappa shape index (κ3) is 4.88. The van der Waals surface area contributed by atoms with E-state index in [1.807, 2.05) is 32.0 Å². The number of aromatic nitrogens is 1. The Bertz CT molecular complexity index is 678. The van der Waals surface area contributed by atoms with Crippen LogP contribution in [0, 0.1) is 18.3 Å². The van der Waals surface area contributed by atoms with E-state index in [-0.39, 0.29) is 11.6 Å². The van der Waals surface area contributed by atoms with Gasteiger partial charge in [-0.15, -0.1) is 0 Å². The number of hydrogen-bond donors (Lipinski definition) is 1. The molecule has 1 amide bonds. The molecular formula is C18H19N3O. The number of aryl methyl sites for hydroxylation is 1. The van der Waals surface area contributed by atoms with Crippen LogP contribution in [0.5, 0.6) is 0 Å². The first kappa shape index (κ1) is 17.1. The Morgan fingerprint density at radius 2 is 2.18 bits per heavy atom. The van der Waals surface area contributed by atoms with Crippen LogP contribution >= 0.6 is 0 Å². The summed E-state index contributed by atoms with van der Waals surface area (Å²) in [6.45, 7) is 11.0. The van der Waals surface area contributed by atoms with Gasteiger partial charge in [-0.05, 0) is 37.6 Å². The van der Waals surface area contributed by atoms with E-state index < -0.39 is 5.91 Å². The summed E-state index contributed by atoms with van der Waals surface area (Å²) in [5.74, 6) is -0.449. The molecule has 0 aliphatic heterocycles. The maximum absolute atomic E-state index is 12.2. The maximum atomic E-state index is 12.2. The summed E-state index contributed by atoms with van der Waals surface area (Å²) in [5, 5.41) is 11.9. The lowest BCUT2D eigenvalue weighted by Crippen LogP contribution is -2.34. The van der Waals surface area contributed by atoms with E-state index in [1.165, 1.54) is 6.08 Å². The van der Waals surface area contributed by atoms with Gasteiger partial charge in [0.15, 0.2) is 0 Å². The molecule has 22 heavy (non-hydrogen) atoms. The molecule has 0 aliphatic carbocycles. The summed E-state index contributed by atoms with van der Waals surface area (Å²) >= 11 is 0. The highest BCUT2D eigenvalue weighted by molar-refractivity contribution is 6.01. The van der Waals surface area contributed by atoms with E-state index in [9.17, 15) is 10.1 Å². The number of nitrogens with one attached hydrogen (secondary N) is 1. The maximum Gasteiger partial charge on any atom is 0.262 e. The molecule has 0 spiro atoms. The Labute approximate surface area is 131 Å². The molecule has 0 bridgehead atoms. The van der Waals surface area contributed by atoms with Gasteiger partial charge in [0.05, 0.1) is 11.7 Å². The Kier molecular flexibility index (Phi) is 6.52. The number of nitriles is 1. The quantitative estimate of drug-likeness (QED) is 0.498. The van der Waals surface area contributed by atoms with E-state index in [2.05, 4.69) is 23.5 Å². The van der Waals surface area contributed by atoms with E-state index in [0.717, 1.165) is 11.3 Å². The largest absolute Gasteiger partial charge is 0.345 e. The predicted molar refractivity (Wildman–Crippen MR) is 88.6 cm³/mol. The normalized spacial score (nSPS) is 13.0. The van der Waals surface area contributed by atoms with Gasteiger partial charge in [0.2, 0.25) is 0 Å². The van der Waals surface area contributed by atoms with Gasteiger partial charge in [0.1, 0.15) is 11.6 Å². The smallest absolute Gasteiger partial charge is 0.262 e. The summed E-state index contributed by atoms with van der Waals surface area (Å²) in [6, 6.07) is 7.05. The van der Waals surface area contributed by atoms with Crippen molar-refractivity contribution in [3.05, 3.63) is 72.1 Å². The third-order valence-electron chi connectivity index (χ3n) is 2.96. The molecule has 1 aromatic rings. The van der Waals surface area contributed by atoms with Crippen LogP contribution in [-0.4, -0.2) is 16.9 Å². The van der Waals surface area contributed by atoms with Gasteiger partial charge in [0, 0.05) is 5.69 Å². The minimum atomic E-state index is -0.449. The highest BCUT2D eigenvalue weighted by atomic mass is 16.1. The second-order valence-electron chi connectivity index (χ2n) is 4.68. The first-order valence-corrected chi connectivity index (χ1v) is 6.83. The number of hydrogen-bond acceptors (Lipinski definition) is 3. The molecule has 1 rings (SSSR count). The van der Waals surface area contributed by atoms with Gasteiger partial charge in [-0.25, -0.2) is 0 Å². The minimum Gasteiger partial charge on any atom is -0.345 e. The zero-order valence-electron chi connectivity index (χ0n) is 12.8. The van der Waals surface area contributed by atoms with Gasteiger partial charge in [-0.1, -0.05) is 37.5 Å².